The number of hydrogen-bond acceptors (Lipinski definition) is 4. The number of aliphatic hydroxyl groups excluding tert-OH is 2. The number of aliphatic hydroxyl groups is 2. The Morgan fingerprint density at radius 1 is 1.58 bits per heavy atom. The maximum absolute atomic E-state index is 9.06. The molecule has 0 spiro atoms. The van der Waals surface area contributed by atoms with Crippen molar-refractivity contribution in [2.45, 2.75) is 33.1 Å². The Morgan fingerprint density at radius 2 is 2.25 bits per heavy atom. The minimum Gasteiger partial charge on any atom is -0.391 e. The molecule has 1 aromatic rings. The smallest absolute Gasteiger partial charge is 0.111 e. The summed E-state index contributed by atoms with van der Waals surface area (Å²) in [5.41, 5.74) is 1.37. The van der Waals surface area contributed by atoms with Crippen molar-refractivity contribution in [1.29, 1.82) is 0 Å². The summed E-state index contributed by atoms with van der Waals surface area (Å²) < 4.78 is 1.58. The lowest BCUT2D eigenvalue weighted by atomic mass is 10.3. The molecular formula is C7H13N3O2. The van der Waals surface area contributed by atoms with Gasteiger partial charge >= 0.3 is 0 Å². The summed E-state index contributed by atoms with van der Waals surface area (Å²) in [6.45, 7) is 3.80. The Kier molecular flexibility index (Phi) is 2.78. The number of rotatable bonds is 3. The molecule has 68 valence electrons. The second-order valence-electron chi connectivity index (χ2n) is 2.81. The van der Waals surface area contributed by atoms with Crippen LogP contribution in [0.4, 0.5) is 0 Å². The van der Waals surface area contributed by atoms with Crippen molar-refractivity contribution < 1.29 is 10.2 Å². The molecule has 0 aliphatic heterocycles. The Balaban J connectivity index is 2.80. The van der Waals surface area contributed by atoms with Crippen molar-refractivity contribution in [2.24, 2.45) is 0 Å². The van der Waals surface area contributed by atoms with Gasteiger partial charge in [-0.1, -0.05) is 5.21 Å². The average Bonchev–Trinajstić information content (AvgIpc) is 2.32. The maximum Gasteiger partial charge on any atom is 0.111 e. The van der Waals surface area contributed by atoms with Crippen molar-refractivity contribution in [2.75, 3.05) is 0 Å². The van der Waals surface area contributed by atoms with Crippen molar-refractivity contribution >= 4 is 0 Å². The molecule has 0 aliphatic carbocycles. The van der Waals surface area contributed by atoms with E-state index in [1.165, 1.54) is 0 Å². The third kappa shape index (κ3) is 1.80. The minimum atomic E-state index is -0.447. The largest absolute Gasteiger partial charge is 0.391 e. The molecular weight excluding hydrogens is 158 g/mol. The van der Waals surface area contributed by atoms with Crippen molar-refractivity contribution in [1.82, 2.24) is 15.0 Å². The van der Waals surface area contributed by atoms with Crippen LogP contribution in [-0.4, -0.2) is 31.3 Å². The molecule has 1 unspecified atom stereocenters. The molecule has 1 rings (SSSR count). The van der Waals surface area contributed by atoms with Gasteiger partial charge in [0.05, 0.1) is 24.9 Å². The topological polar surface area (TPSA) is 71.2 Å². The number of nitrogens with zero attached hydrogens (tertiary/aromatic N) is 3. The Labute approximate surface area is 70.6 Å². The van der Waals surface area contributed by atoms with E-state index >= 15 is 0 Å². The standard InChI is InChI=1S/C7H13N3O2/c1-5(12)3-10-6(2)7(4-11)8-9-10/h5,11-12H,3-4H2,1-2H3. The summed E-state index contributed by atoms with van der Waals surface area (Å²) in [4.78, 5) is 0. The molecule has 0 saturated carbocycles. The first-order valence-electron chi connectivity index (χ1n) is 3.83. The maximum atomic E-state index is 9.06. The fraction of sp³-hybridized carbons (Fsp3) is 0.714. The van der Waals surface area contributed by atoms with Gasteiger partial charge in [-0.15, -0.1) is 5.10 Å². The molecule has 2 N–H and O–H groups in total. The third-order valence-corrected chi connectivity index (χ3v) is 1.67. The van der Waals surface area contributed by atoms with E-state index in [2.05, 4.69) is 10.3 Å². The minimum absolute atomic E-state index is 0.106. The van der Waals surface area contributed by atoms with Crippen LogP contribution in [0.2, 0.25) is 0 Å². The predicted molar refractivity (Wildman–Crippen MR) is 42.4 cm³/mol. The van der Waals surface area contributed by atoms with Crippen LogP contribution in [-0.2, 0) is 13.2 Å². The van der Waals surface area contributed by atoms with Crippen LogP contribution in [0.25, 0.3) is 0 Å². The van der Waals surface area contributed by atoms with Crippen LogP contribution >= 0.6 is 0 Å². The van der Waals surface area contributed by atoms with Crippen LogP contribution in [0.3, 0.4) is 0 Å². The molecule has 0 amide bonds. The first kappa shape index (κ1) is 9.15. The highest BCUT2D eigenvalue weighted by Crippen LogP contribution is 2.03. The van der Waals surface area contributed by atoms with Gasteiger partial charge in [-0.2, -0.15) is 0 Å². The van der Waals surface area contributed by atoms with Gasteiger partial charge in [0.1, 0.15) is 5.69 Å². The summed E-state index contributed by atoms with van der Waals surface area (Å²) in [7, 11) is 0. The normalized spacial score (nSPS) is 13.3. The van der Waals surface area contributed by atoms with Gasteiger partial charge in [-0.25, -0.2) is 4.68 Å². The van der Waals surface area contributed by atoms with E-state index in [4.69, 9.17) is 10.2 Å². The van der Waals surface area contributed by atoms with E-state index < -0.39 is 6.10 Å². The van der Waals surface area contributed by atoms with Crippen LogP contribution in [0, 0.1) is 6.92 Å². The van der Waals surface area contributed by atoms with Gasteiger partial charge < -0.3 is 10.2 Å². The van der Waals surface area contributed by atoms with E-state index in [1.807, 2.05) is 6.92 Å². The van der Waals surface area contributed by atoms with Crippen LogP contribution in [0.5, 0.6) is 0 Å². The second kappa shape index (κ2) is 3.64. The van der Waals surface area contributed by atoms with Crippen LogP contribution < -0.4 is 0 Å². The summed E-state index contributed by atoms with van der Waals surface area (Å²) in [6, 6.07) is 0. The zero-order valence-electron chi connectivity index (χ0n) is 7.23. The molecule has 1 aromatic heterocycles. The van der Waals surface area contributed by atoms with Gasteiger partial charge in [0.25, 0.3) is 0 Å². The first-order valence-corrected chi connectivity index (χ1v) is 3.83. The van der Waals surface area contributed by atoms with Crippen LogP contribution in [0.1, 0.15) is 18.3 Å². The third-order valence-electron chi connectivity index (χ3n) is 1.67. The molecule has 5 heteroatoms. The molecule has 0 aliphatic rings. The van der Waals surface area contributed by atoms with Gasteiger partial charge in [0.2, 0.25) is 0 Å². The number of aromatic nitrogens is 3. The van der Waals surface area contributed by atoms with E-state index in [-0.39, 0.29) is 6.61 Å². The summed E-state index contributed by atoms with van der Waals surface area (Å²) in [5, 5.41) is 25.4. The molecule has 0 bridgehead atoms. The quantitative estimate of drug-likeness (QED) is 0.640. The molecule has 1 heterocycles. The van der Waals surface area contributed by atoms with Crippen molar-refractivity contribution in [3.05, 3.63) is 11.4 Å². The van der Waals surface area contributed by atoms with Crippen molar-refractivity contribution in [3.63, 3.8) is 0 Å². The van der Waals surface area contributed by atoms with Crippen LogP contribution in [0.15, 0.2) is 0 Å². The Hall–Kier alpha value is -0.940. The SMILES string of the molecule is Cc1c(CO)nnn1CC(C)O. The summed E-state index contributed by atoms with van der Waals surface area (Å²) in [5.74, 6) is 0. The highest BCUT2D eigenvalue weighted by molar-refractivity contribution is 5.05. The monoisotopic (exact) mass is 171 g/mol. The highest BCUT2D eigenvalue weighted by atomic mass is 16.3. The lowest BCUT2D eigenvalue weighted by molar-refractivity contribution is 0.166. The fourth-order valence-corrected chi connectivity index (χ4v) is 0.966. The van der Waals surface area contributed by atoms with E-state index in [9.17, 15) is 0 Å². The lowest BCUT2D eigenvalue weighted by Crippen LogP contribution is -2.14. The Morgan fingerprint density at radius 3 is 2.67 bits per heavy atom. The zero-order chi connectivity index (χ0) is 9.14. The highest BCUT2D eigenvalue weighted by Gasteiger charge is 2.08. The molecule has 0 saturated heterocycles. The fourth-order valence-electron chi connectivity index (χ4n) is 0.966. The van der Waals surface area contributed by atoms with Gasteiger partial charge in [-0.3, -0.25) is 0 Å². The average molecular weight is 171 g/mol. The van der Waals surface area contributed by atoms with Gasteiger partial charge in [-0.05, 0) is 13.8 Å². The van der Waals surface area contributed by atoms with Crippen molar-refractivity contribution in [3.8, 4) is 0 Å². The summed E-state index contributed by atoms with van der Waals surface area (Å²) >= 11 is 0. The van der Waals surface area contributed by atoms with Gasteiger partial charge in [0.15, 0.2) is 0 Å². The molecule has 0 fully saturated rings. The van der Waals surface area contributed by atoms with E-state index in [0.717, 1.165) is 5.69 Å². The molecule has 0 aromatic carbocycles. The lowest BCUT2D eigenvalue weighted by Gasteiger charge is -2.04. The predicted octanol–water partition coefficient (Wildman–Crippen LogP) is -0.540. The van der Waals surface area contributed by atoms with E-state index in [1.54, 1.807) is 11.6 Å². The molecule has 0 radical (unpaired) electrons. The Bertz CT molecular complexity index is 257. The summed E-state index contributed by atoms with van der Waals surface area (Å²) in [6.07, 6.45) is -0.447. The first-order chi connectivity index (χ1) is 5.65. The van der Waals surface area contributed by atoms with Gasteiger partial charge in [0, 0.05) is 0 Å². The second-order valence-corrected chi connectivity index (χ2v) is 2.81. The molecule has 12 heavy (non-hydrogen) atoms. The number of hydrogen-bond donors (Lipinski definition) is 2. The molecule has 5 nitrogen and oxygen atoms in total. The molecule has 1 atom stereocenters. The zero-order valence-corrected chi connectivity index (χ0v) is 7.23. The van der Waals surface area contributed by atoms with E-state index in [0.29, 0.717) is 12.2 Å².